The van der Waals surface area contributed by atoms with Gasteiger partial charge < -0.3 is 9.47 Å². The molecule has 0 aliphatic carbocycles. The van der Waals surface area contributed by atoms with Gasteiger partial charge in [-0.05, 0) is 35.4 Å². The van der Waals surface area contributed by atoms with Gasteiger partial charge in [0.05, 0.1) is 43.5 Å². The second kappa shape index (κ2) is 9.23. The molecule has 2 aliphatic heterocycles. The summed E-state index contributed by atoms with van der Waals surface area (Å²) in [5.74, 6) is 0.619. The van der Waals surface area contributed by atoms with Gasteiger partial charge in [0.25, 0.3) is 11.6 Å². The third kappa shape index (κ3) is 4.73. The molecule has 0 aromatic heterocycles. The number of hydrazone groups is 1. The highest BCUT2D eigenvalue weighted by atomic mass is 16.6. The van der Waals surface area contributed by atoms with Crippen LogP contribution in [0.2, 0.25) is 0 Å². The Morgan fingerprint density at radius 3 is 2.65 bits per heavy atom. The van der Waals surface area contributed by atoms with E-state index in [9.17, 15) is 14.9 Å². The molecular formula is C22H24N4O5. The summed E-state index contributed by atoms with van der Waals surface area (Å²) in [5, 5.41) is 17.1. The Morgan fingerprint density at radius 1 is 1.23 bits per heavy atom. The molecule has 0 unspecified atom stereocenters. The Kier molecular flexibility index (Phi) is 6.24. The van der Waals surface area contributed by atoms with Crippen molar-refractivity contribution in [3.05, 3.63) is 69.8 Å². The molecule has 9 heteroatoms. The van der Waals surface area contributed by atoms with Crippen LogP contribution in [0.1, 0.15) is 23.6 Å². The van der Waals surface area contributed by atoms with Crippen molar-refractivity contribution >= 4 is 17.3 Å². The van der Waals surface area contributed by atoms with Crippen molar-refractivity contribution in [2.75, 3.05) is 40.0 Å². The molecule has 9 nitrogen and oxygen atoms in total. The highest BCUT2D eigenvalue weighted by Gasteiger charge is 2.34. The number of benzene rings is 2. The monoisotopic (exact) mass is 424 g/mol. The van der Waals surface area contributed by atoms with Gasteiger partial charge in [0, 0.05) is 31.6 Å². The first-order chi connectivity index (χ1) is 15.0. The van der Waals surface area contributed by atoms with Crippen LogP contribution in [0.25, 0.3) is 0 Å². The molecule has 2 aromatic carbocycles. The second-order valence-corrected chi connectivity index (χ2v) is 7.47. The Balaban J connectivity index is 1.61. The highest BCUT2D eigenvalue weighted by Crippen LogP contribution is 2.34. The highest BCUT2D eigenvalue weighted by molar-refractivity contribution is 6.03. The number of hydrogen-bond donors (Lipinski definition) is 0. The quantitative estimate of drug-likeness (QED) is 0.522. The van der Waals surface area contributed by atoms with E-state index in [1.54, 1.807) is 24.3 Å². The van der Waals surface area contributed by atoms with E-state index >= 15 is 0 Å². The van der Waals surface area contributed by atoms with E-state index in [1.165, 1.54) is 12.1 Å². The van der Waals surface area contributed by atoms with E-state index in [0.29, 0.717) is 38.5 Å². The number of nitro benzene ring substituents is 1. The molecule has 162 valence electrons. The third-order valence-electron chi connectivity index (χ3n) is 5.52. The maximum Gasteiger partial charge on any atom is 0.269 e. The predicted molar refractivity (Wildman–Crippen MR) is 114 cm³/mol. The Labute approximate surface area is 180 Å². The van der Waals surface area contributed by atoms with Gasteiger partial charge >= 0.3 is 0 Å². The molecule has 1 fully saturated rings. The lowest BCUT2D eigenvalue weighted by atomic mass is 9.98. The van der Waals surface area contributed by atoms with Crippen LogP contribution in [-0.4, -0.2) is 66.4 Å². The standard InChI is InChI=1S/C22H24N4O5/c1-30-19-4-2-3-17(13-19)21-14-20(16-5-7-18(8-6-16)26(28)29)23-25(21)22(27)15-24-9-11-31-12-10-24/h2-8,13,21H,9-12,14-15H2,1H3/t21-/m1/s1. The van der Waals surface area contributed by atoms with Crippen molar-refractivity contribution in [3.8, 4) is 5.75 Å². The zero-order chi connectivity index (χ0) is 21.8. The molecule has 0 spiro atoms. The molecule has 0 saturated carbocycles. The van der Waals surface area contributed by atoms with Gasteiger partial charge in [-0.3, -0.25) is 19.8 Å². The molecule has 1 amide bonds. The van der Waals surface area contributed by atoms with Crippen molar-refractivity contribution in [2.24, 2.45) is 5.10 Å². The SMILES string of the molecule is COc1cccc([C@H]2CC(c3ccc([N+](=O)[O-])cc3)=NN2C(=O)CN2CCOCC2)c1. The lowest BCUT2D eigenvalue weighted by molar-refractivity contribution is -0.384. The molecule has 2 heterocycles. The predicted octanol–water partition coefficient (Wildman–Crippen LogP) is 2.61. The number of hydrogen-bond acceptors (Lipinski definition) is 7. The van der Waals surface area contributed by atoms with E-state index in [-0.39, 0.29) is 24.2 Å². The summed E-state index contributed by atoms with van der Waals surface area (Å²) < 4.78 is 10.7. The number of carbonyl (C=O) groups is 1. The lowest BCUT2D eigenvalue weighted by Crippen LogP contribution is -2.43. The largest absolute Gasteiger partial charge is 0.497 e. The number of ether oxygens (including phenoxy) is 2. The van der Waals surface area contributed by atoms with Crippen molar-refractivity contribution in [1.29, 1.82) is 0 Å². The Morgan fingerprint density at radius 2 is 1.97 bits per heavy atom. The maximum atomic E-state index is 13.2. The Bertz CT molecular complexity index is 986. The molecular weight excluding hydrogens is 400 g/mol. The minimum atomic E-state index is -0.433. The van der Waals surface area contributed by atoms with Crippen molar-refractivity contribution in [2.45, 2.75) is 12.5 Å². The summed E-state index contributed by atoms with van der Waals surface area (Å²) in [6, 6.07) is 13.6. The van der Waals surface area contributed by atoms with E-state index in [1.807, 2.05) is 24.3 Å². The minimum Gasteiger partial charge on any atom is -0.497 e. The van der Waals surface area contributed by atoms with Crippen LogP contribution in [0.5, 0.6) is 5.75 Å². The maximum absolute atomic E-state index is 13.2. The number of nitro groups is 1. The third-order valence-corrected chi connectivity index (χ3v) is 5.52. The van der Waals surface area contributed by atoms with Crippen molar-refractivity contribution < 1.29 is 19.2 Å². The normalized spacial score (nSPS) is 19.2. The average Bonchev–Trinajstić information content (AvgIpc) is 3.25. The average molecular weight is 424 g/mol. The fourth-order valence-electron chi connectivity index (χ4n) is 3.82. The van der Waals surface area contributed by atoms with E-state index in [0.717, 1.165) is 16.8 Å². The van der Waals surface area contributed by atoms with Gasteiger partial charge in [0.15, 0.2) is 0 Å². The second-order valence-electron chi connectivity index (χ2n) is 7.47. The summed E-state index contributed by atoms with van der Waals surface area (Å²) in [6.45, 7) is 2.92. The van der Waals surface area contributed by atoms with Gasteiger partial charge in [-0.15, -0.1) is 0 Å². The lowest BCUT2D eigenvalue weighted by Gasteiger charge is -2.29. The van der Waals surface area contributed by atoms with Gasteiger partial charge in [-0.1, -0.05) is 12.1 Å². The van der Waals surface area contributed by atoms with Crippen LogP contribution in [-0.2, 0) is 9.53 Å². The zero-order valence-corrected chi connectivity index (χ0v) is 17.3. The number of rotatable bonds is 6. The van der Waals surface area contributed by atoms with Crippen LogP contribution in [0.4, 0.5) is 5.69 Å². The molecule has 4 rings (SSSR count). The molecule has 1 saturated heterocycles. The molecule has 2 aromatic rings. The van der Waals surface area contributed by atoms with Crippen LogP contribution >= 0.6 is 0 Å². The Hall–Kier alpha value is -3.30. The number of non-ortho nitro benzene ring substituents is 1. The van der Waals surface area contributed by atoms with Gasteiger partial charge in [-0.2, -0.15) is 5.10 Å². The van der Waals surface area contributed by atoms with Crippen LogP contribution in [0.15, 0.2) is 53.6 Å². The summed E-state index contributed by atoms with van der Waals surface area (Å²) in [7, 11) is 1.61. The van der Waals surface area contributed by atoms with E-state index in [4.69, 9.17) is 9.47 Å². The van der Waals surface area contributed by atoms with E-state index < -0.39 is 4.92 Å². The summed E-state index contributed by atoms with van der Waals surface area (Å²) in [6.07, 6.45) is 0.514. The van der Waals surface area contributed by atoms with Crippen LogP contribution < -0.4 is 4.74 Å². The molecule has 1 atom stereocenters. The fourth-order valence-corrected chi connectivity index (χ4v) is 3.82. The number of carbonyl (C=O) groups excluding carboxylic acids is 1. The number of nitrogens with zero attached hydrogens (tertiary/aromatic N) is 4. The molecule has 2 aliphatic rings. The van der Waals surface area contributed by atoms with E-state index in [2.05, 4.69) is 10.0 Å². The van der Waals surface area contributed by atoms with Crippen LogP contribution in [0.3, 0.4) is 0 Å². The smallest absolute Gasteiger partial charge is 0.269 e. The fraction of sp³-hybridized carbons (Fsp3) is 0.364. The molecule has 0 radical (unpaired) electrons. The van der Waals surface area contributed by atoms with Crippen molar-refractivity contribution in [3.63, 3.8) is 0 Å². The summed E-state index contributed by atoms with van der Waals surface area (Å²) in [5.41, 5.74) is 2.43. The van der Waals surface area contributed by atoms with Gasteiger partial charge in [0.2, 0.25) is 0 Å². The zero-order valence-electron chi connectivity index (χ0n) is 17.3. The minimum absolute atomic E-state index is 0.0203. The number of morpholine rings is 1. The molecule has 0 N–H and O–H groups in total. The summed E-state index contributed by atoms with van der Waals surface area (Å²) in [4.78, 5) is 25.8. The summed E-state index contributed by atoms with van der Waals surface area (Å²) >= 11 is 0. The van der Waals surface area contributed by atoms with Crippen molar-refractivity contribution in [1.82, 2.24) is 9.91 Å². The topological polar surface area (TPSA) is 97.5 Å². The first kappa shape index (κ1) is 21.0. The number of amides is 1. The first-order valence-corrected chi connectivity index (χ1v) is 10.1. The van der Waals surface area contributed by atoms with Crippen LogP contribution in [0, 0.1) is 10.1 Å². The first-order valence-electron chi connectivity index (χ1n) is 10.1. The van der Waals surface area contributed by atoms with Gasteiger partial charge in [-0.25, -0.2) is 5.01 Å². The molecule has 31 heavy (non-hydrogen) atoms. The molecule has 0 bridgehead atoms. The van der Waals surface area contributed by atoms with Gasteiger partial charge in [0.1, 0.15) is 5.75 Å². The number of methoxy groups -OCH3 is 1.